The van der Waals surface area contributed by atoms with Crippen LogP contribution in [-0.2, 0) is 4.74 Å². The molecule has 1 fully saturated rings. The number of piperazine rings is 1. The highest BCUT2D eigenvalue weighted by Crippen LogP contribution is 2.30. The number of rotatable bonds is 3. The third-order valence-corrected chi connectivity index (χ3v) is 5.49. The average molecular weight is 379 g/mol. The molecule has 0 spiro atoms. The van der Waals surface area contributed by atoms with Crippen molar-refractivity contribution in [3.05, 3.63) is 47.1 Å². The Bertz CT molecular complexity index is 1020. The van der Waals surface area contributed by atoms with E-state index in [0.717, 1.165) is 47.9 Å². The topological polar surface area (TPSA) is 82.4 Å². The van der Waals surface area contributed by atoms with Crippen LogP contribution in [0.15, 0.2) is 35.7 Å². The van der Waals surface area contributed by atoms with E-state index in [-0.39, 0.29) is 5.82 Å². The second-order valence-corrected chi connectivity index (χ2v) is 7.05. The molecule has 0 N–H and O–H groups in total. The smallest absolute Gasteiger partial charge is 0.376 e. The largest absolute Gasteiger partial charge is 0.463 e. The van der Waals surface area contributed by atoms with Crippen molar-refractivity contribution in [3.8, 4) is 6.07 Å². The standard InChI is InChI=1S/C19H17N5O2S/c1-26-19(25)17-21-15-6-11-27-16(15)18(22-17)24-9-7-23(8-10-24)14-4-2-13(12-20)3-5-14/h2-6,11H,7-10H2,1H3. The van der Waals surface area contributed by atoms with E-state index in [4.69, 9.17) is 10.00 Å². The van der Waals surface area contributed by atoms with Crippen LogP contribution in [0.4, 0.5) is 11.5 Å². The fourth-order valence-electron chi connectivity index (χ4n) is 3.17. The molecule has 136 valence electrons. The molecule has 0 radical (unpaired) electrons. The van der Waals surface area contributed by atoms with Gasteiger partial charge in [-0.25, -0.2) is 14.8 Å². The number of ether oxygens (including phenoxy) is 1. The van der Waals surface area contributed by atoms with Crippen LogP contribution >= 0.6 is 11.3 Å². The molecule has 7 nitrogen and oxygen atoms in total. The summed E-state index contributed by atoms with van der Waals surface area (Å²) < 4.78 is 5.77. The highest BCUT2D eigenvalue weighted by atomic mass is 32.1. The lowest BCUT2D eigenvalue weighted by Crippen LogP contribution is -2.47. The number of hydrogen-bond acceptors (Lipinski definition) is 8. The molecule has 0 amide bonds. The second kappa shape index (κ2) is 7.21. The van der Waals surface area contributed by atoms with Crippen LogP contribution in [0.5, 0.6) is 0 Å². The third kappa shape index (κ3) is 3.29. The molecule has 27 heavy (non-hydrogen) atoms. The quantitative estimate of drug-likeness (QED) is 0.647. The SMILES string of the molecule is COC(=O)c1nc(N2CCN(c3ccc(C#N)cc3)CC2)c2sccc2n1. The van der Waals surface area contributed by atoms with Crippen molar-refractivity contribution < 1.29 is 9.53 Å². The van der Waals surface area contributed by atoms with E-state index in [2.05, 4.69) is 25.8 Å². The number of methoxy groups -OCH3 is 1. The molecule has 4 rings (SSSR count). The van der Waals surface area contributed by atoms with E-state index in [1.54, 1.807) is 11.3 Å². The van der Waals surface area contributed by atoms with Crippen molar-refractivity contribution in [2.75, 3.05) is 43.1 Å². The van der Waals surface area contributed by atoms with E-state index < -0.39 is 5.97 Å². The molecule has 3 heterocycles. The van der Waals surface area contributed by atoms with E-state index in [1.165, 1.54) is 7.11 Å². The predicted molar refractivity (Wildman–Crippen MR) is 104 cm³/mol. The molecule has 1 aliphatic heterocycles. The van der Waals surface area contributed by atoms with Gasteiger partial charge in [0.1, 0.15) is 0 Å². The fraction of sp³-hybridized carbons (Fsp3) is 0.263. The molecule has 0 unspecified atom stereocenters. The number of carbonyl (C=O) groups is 1. The maximum Gasteiger partial charge on any atom is 0.376 e. The second-order valence-electron chi connectivity index (χ2n) is 6.13. The summed E-state index contributed by atoms with van der Waals surface area (Å²) in [5.74, 6) is 0.350. The summed E-state index contributed by atoms with van der Waals surface area (Å²) >= 11 is 1.57. The first-order valence-electron chi connectivity index (χ1n) is 8.53. The monoisotopic (exact) mass is 379 g/mol. The minimum atomic E-state index is -0.527. The van der Waals surface area contributed by atoms with E-state index in [9.17, 15) is 4.79 Å². The molecule has 0 saturated carbocycles. The Labute approximate surface area is 160 Å². The van der Waals surface area contributed by atoms with Gasteiger partial charge in [0, 0.05) is 31.9 Å². The molecule has 1 aliphatic rings. The Kier molecular flexibility index (Phi) is 4.60. The van der Waals surface area contributed by atoms with Crippen molar-refractivity contribution in [3.63, 3.8) is 0 Å². The van der Waals surface area contributed by atoms with Crippen LogP contribution in [0.2, 0.25) is 0 Å². The number of anilines is 2. The number of esters is 1. The van der Waals surface area contributed by atoms with Crippen molar-refractivity contribution >= 4 is 39.0 Å². The molecule has 3 aromatic rings. The molecular weight excluding hydrogens is 362 g/mol. The zero-order valence-corrected chi connectivity index (χ0v) is 15.6. The Morgan fingerprint density at radius 2 is 1.81 bits per heavy atom. The number of fused-ring (bicyclic) bond motifs is 1. The summed E-state index contributed by atoms with van der Waals surface area (Å²) in [5.41, 5.74) is 2.53. The zero-order valence-electron chi connectivity index (χ0n) is 14.8. The molecule has 0 atom stereocenters. The summed E-state index contributed by atoms with van der Waals surface area (Å²) in [4.78, 5) is 25.2. The molecule has 2 aromatic heterocycles. The summed E-state index contributed by atoms with van der Waals surface area (Å²) in [6.45, 7) is 3.22. The van der Waals surface area contributed by atoms with E-state index >= 15 is 0 Å². The Hall–Kier alpha value is -3.18. The third-order valence-electron chi connectivity index (χ3n) is 4.59. The van der Waals surface area contributed by atoms with Crippen molar-refractivity contribution in [1.29, 1.82) is 5.26 Å². The van der Waals surface area contributed by atoms with Crippen LogP contribution < -0.4 is 9.80 Å². The van der Waals surface area contributed by atoms with Crippen molar-refractivity contribution in [1.82, 2.24) is 9.97 Å². The van der Waals surface area contributed by atoms with Crippen LogP contribution in [-0.4, -0.2) is 49.2 Å². The van der Waals surface area contributed by atoms with Gasteiger partial charge in [0.2, 0.25) is 5.82 Å². The summed E-state index contributed by atoms with van der Waals surface area (Å²) in [5, 5.41) is 10.9. The summed E-state index contributed by atoms with van der Waals surface area (Å²) in [6.07, 6.45) is 0. The van der Waals surface area contributed by atoms with Gasteiger partial charge < -0.3 is 14.5 Å². The van der Waals surface area contributed by atoms with Gasteiger partial charge in [0.05, 0.1) is 29.0 Å². The van der Waals surface area contributed by atoms with Crippen LogP contribution in [0.25, 0.3) is 10.2 Å². The number of nitrogens with zero attached hydrogens (tertiary/aromatic N) is 5. The van der Waals surface area contributed by atoms with Gasteiger partial charge in [-0.05, 0) is 35.7 Å². The van der Waals surface area contributed by atoms with Gasteiger partial charge in [-0.15, -0.1) is 11.3 Å². The zero-order chi connectivity index (χ0) is 18.8. The highest BCUT2D eigenvalue weighted by Gasteiger charge is 2.23. The maximum atomic E-state index is 11.9. The summed E-state index contributed by atoms with van der Waals surface area (Å²) in [7, 11) is 1.33. The Balaban J connectivity index is 1.56. The molecule has 0 bridgehead atoms. The first-order chi connectivity index (χ1) is 13.2. The van der Waals surface area contributed by atoms with Crippen LogP contribution in [0.1, 0.15) is 16.2 Å². The van der Waals surface area contributed by atoms with Gasteiger partial charge in [0.15, 0.2) is 5.82 Å². The summed E-state index contributed by atoms with van der Waals surface area (Å²) in [6, 6.07) is 11.7. The molecule has 1 aromatic carbocycles. The van der Waals surface area contributed by atoms with Gasteiger partial charge in [-0.1, -0.05) is 0 Å². The highest BCUT2D eigenvalue weighted by molar-refractivity contribution is 7.17. The fourth-order valence-corrected chi connectivity index (χ4v) is 4.02. The van der Waals surface area contributed by atoms with E-state index in [1.807, 2.05) is 35.7 Å². The number of benzene rings is 1. The minimum Gasteiger partial charge on any atom is -0.463 e. The van der Waals surface area contributed by atoms with E-state index in [0.29, 0.717) is 5.56 Å². The Morgan fingerprint density at radius 3 is 2.48 bits per heavy atom. The van der Waals surface area contributed by atoms with Crippen LogP contribution in [0, 0.1) is 11.3 Å². The molecule has 0 aliphatic carbocycles. The van der Waals surface area contributed by atoms with Crippen molar-refractivity contribution in [2.24, 2.45) is 0 Å². The van der Waals surface area contributed by atoms with Gasteiger partial charge in [-0.2, -0.15) is 5.26 Å². The first-order valence-corrected chi connectivity index (χ1v) is 9.41. The number of carbonyl (C=O) groups excluding carboxylic acids is 1. The number of thiophene rings is 1. The first kappa shape index (κ1) is 17.2. The number of aromatic nitrogens is 2. The van der Waals surface area contributed by atoms with Gasteiger partial charge >= 0.3 is 5.97 Å². The minimum absolute atomic E-state index is 0.0907. The molecule has 1 saturated heterocycles. The van der Waals surface area contributed by atoms with Gasteiger partial charge in [0.25, 0.3) is 0 Å². The average Bonchev–Trinajstić information content (AvgIpc) is 3.21. The maximum absolute atomic E-state index is 11.9. The van der Waals surface area contributed by atoms with Crippen molar-refractivity contribution in [2.45, 2.75) is 0 Å². The normalized spacial score (nSPS) is 14.2. The number of nitriles is 1. The lowest BCUT2D eigenvalue weighted by Gasteiger charge is -2.36. The molecular formula is C19H17N5O2S. The molecule has 8 heteroatoms. The lowest BCUT2D eigenvalue weighted by molar-refractivity contribution is 0.0587. The van der Waals surface area contributed by atoms with Gasteiger partial charge in [-0.3, -0.25) is 0 Å². The lowest BCUT2D eigenvalue weighted by atomic mass is 10.2. The van der Waals surface area contributed by atoms with Crippen LogP contribution in [0.3, 0.4) is 0 Å². The predicted octanol–water partition coefficient (Wildman–Crippen LogP) is 2.68. The Morgan fingerprint density at radius 1 is 1.11 bits per heavy atom. The number of hydrogen-bond donors (Lipinski definition) is 0.